The molecule has 0 spiro atoms. The van der Waals surface area contributed by atoms with Crippen LogP contribution in [0.2, 0.25) is 0 Å². The molecule has 33 heavy (non-hydrogen) atoms. The van der Waals surface area contributed by atoms with Crippen molar-refractivity contribution in [1.29, 1.82) is 0 Å². The number of amides is 1. The zero-order chi connectivity index (χ0) is 22.8. The minimum absolute atomic E-state index is 0.0197. The van der Waals surface area contributed by atoms with Crippen molar-refractivity contribution in [1.82, 2.24) is 19.4 Å². The first-order chi connectivity index (χ1) is 16.2. The van der Waals surface area contributed by atoms with E-state index in [9.17, 15) is 4.79 Å². The summed E-state index contributed by atoms with van der Waals surface area (Å²) >= 11 is 0. The number of epoxide rings is 1. The molecule has 0 bridgehead atoms. The zero-order valence-corrected chi connectivity index (χ0v) is 18.9. The van der Waals surface area contributed by atoms with E-state index >= 15 is 0 Å². The van der Waals surface area contributed by atoms with Crippen LogP contribution in [0.1, 0.15) is 31.0 Å². The highest BCUT2D eigenvalue weighted by Crippen LogP contribution is 2.35. The van der Waals surface area contributed by atoms with Crippen LogP contribution in [0.5, 0.6) is 0 Å². The van der Waals surface area contributed by atoms with Crippen molar-refractivity contribution < 1.29 is 14.3 Å². The SMILES string of the molecule is COCCCNC(=O)n1cc(-c2cccc3ccccc23)cc1Cc1cncn1C1OC1C. The van der Waals surface area contributed by atoms with Crippen molar-refractivity contribution in [3.63, 3.8) is 0 Å². The number of fused-ring (bicyclic) bond motifs is 1. The smallest absolute Gasteiger partial charge is 0.325 e. The number of carbonyl (C=O) groups is 1. The molecule has 5 rings (SSSR count). The number of rotatable bonds is 8. The lowest BCUT2D eigenvalue weighted by molar-refractivity contribution is 0.193. The molecule has 0 radical (unpaired) electrons. The molecule has 7 nitrogen and oxygen atoms in total. The zero-order valence-electron chi connectivity index (χ0n) is 18.9. The third kappa shape index (κ3) is 4.42. The summed E-state index contributed by atoms with van der Waals surface area (Å²) in [5.74, 6) is 0. The van der Waals surface area contributed by atoms with E-state index in [1.54, 1.807) is 18.0 Å². The standard InChI is InChI=1S/C26H28N4O3/c1-18-25(33-18)30-17-27-15-22(30)14-21-13-20(16-29(21)26(31)28-11-6-12-32-2)24-10-5-8-19-7-3-4-9-23(19)24/h3-5,7-10,13,15-18,25H,6,11-12,14H2,1-2H3,(H,28,31). The molecule has 1 N–H and O–H groups in total. The molecule has 1 aliphatic rings. The number of benzene rings is 2. The summed E-state index contributed by atoms with van der Waals surface area (Å²) in [7, 11) is 1.66. The van der Waals surface area contributed by atoms with Gasteiger partial charge in [-0.05, 0) is 35.7 Å². The number of nitrogens with one attached hydrogen (secondary N) is 1. The molecular formula is C26H28N4O3. The maximum atomic E-state index is 13.1. The van der Waals surface area contributed by atoms with Gasteiger partial charge in [0.05, 0.1) is 6.33 Å². The molecule has 2 unspecified atom stereocenters. The quantitative estimate of drug-likeness (QED) is 0.318. The van der Waals surface area contributed by atoms with Crippen molar-refractivity contribution in [2.45, 2.75) is 32.1 Å². The Bertz CT molecular complexity index is 1270. The van der Waals surface area contributed by atoms with Crippen LogP contribution in [0.3, 0.4) is 0 Å². The van der Waals surface area contributed by atoms with E-state index in [4.69, 9.17) is 9.47 Å². The summed E-state index contributed by atoms with van der Waals surface area (Å²) in [6.45, 7) is 3.21. The van der Waals surface area contributed by atoms with Crippen molar-refractivity contribution in [3.05, 3.63) is 78.6 Å². The molecule has 2 atom stereocenters. The summed E-state index contributed by atoms with van der Waals surface area (Å²) in [5, 5.41) is 5.34. The Balaban J connectivity index is 1.50. The van der Waals surface area contributed by atoms with E-state index in [2.05, 4.69) is 51.3 Å². The highest BCUT2D eigenvalue weighted by molar-refractivity contribution is 5.97. The highest BCUT2D eigenvalue weighted by Gasteiger charge is 2.37. The Morgan fingerprint density at radius 3 is 2.82 bits per heavy atom. The number of carbonyl (C=O) groups excluding carboxylic acids is 1. The largest absolute Gasteiger partial charge is 0.385 e. The van der Waals surface area contributed by atoms with Gasteiger partial charge in [0, 0.05) is 56.0 Å². The number of hydrogen-bond donors (Lipinski definition) is 1. The van der Waals surface area contributed by atoms with E-state index < -0.39 is 0 Å². The third-order valence-electron chi connectivity index (χ3n) is 6.08. The van der Waals surface area contributed by atoms with Gasteiger partial charge < -0.3 is 19.4 Å². The maximum Gasteiger partial charge on any atom is 0.325 e. The summed E-state index contributed by atoms with van der Waals surface area (Å²) in [5.41, 5.74) is 4.03. The second-order valence-electron chi connectivity index (χ2n) is 8.40. The van der Waals surface area contributed by atoms with Gasteiger partial charge in [-0.25, -0.2) is 9.78 Å². The number of nitrogens with zero attached hydrogens (tertiary/aromatic N) is 3. The average molecular weight is 445 g/mol. The highest BCUT2D eigenvalue weighted by atomic mass is 16.6. The Labute approximate surface area is 193 Å². The van der Waals surface area contributed by atoms with Gasteiger partial charge in [-0.2, -0.15) is 0 Å². The first-order valence-electron chi connectivity index (χ1n) is 11.3. The average Bonchev–Trinajstić information content (AvgIpc) is 3.21. The van der Waals surface area contributed by atoms with Crippen LogP contribution >= 0.6 is 0 Å². The lowest BCUT2D eigenvalue weighted by Crippen LogP contribution is -2.30. The van der Waals surface area contributed by atoms with Crippen LogP contribution in [-0.2, 0) is 15.9 Å². The first-order valence-corrected chi connectivity index (χ1v) is 11.3. The number of aromatic nitrogens is 3. The molecule has 1 aliphatic heterocycles. The van der Waals surface area contributed by atoms with Gasteiger partial charge >= 0.3 is 6.03 Å². The molecule has 4 aromatic rings. The van der Waals surface area contributed by atoms with E-state index in [-0.39, 0.29) is 18.4 Å². The Morgan fingerprint density at radius 2 is 2.00 bits per heavy atom. The number of imidazole rings is 1. The fourth-order valence-corrected chi connectivity index (χ4v) is 4.30. The van der Waals surface area contributed by atoms with Gasteiger partial charge in [-0.15, -0.1) is 0 Å². The van der Waals surface area contributed by atoms with E-state index in [1.165, 1.54) is 5.39 Å². The molecule has 170 valence electrons. The maximum absolute atomic E-state index is 13.1. The van der Waals surface area contributed by atoms with Crippen LogP contribution in [0.25, 0.3) is 21.9 Å². The van der Waals surface area contributed by atoms with E-state index in [1.807, 2.05) is 31.5 Å². The van der Waals surface area contributed by atoms with Crippen molar-refractivity contribution >= 4 is 16.8 Å². The summed E-state index contributed by atoms with van der Waals surface area (Å²) in [6.07, 6.45) is 7.11. The normalized spacial score (nSPS) is 17.4. The third-order valence-corrected chi connectivity index (χ3v) is 6.08. The van der Waals surface area contributed by atoms with Crippen LogP contribution in [-0.4, -0.2) is 46.5 Å². The van der Waals surface area contributed by atoms with Crippen LogP contribution in [0, 0.1) is 0 Å². The molecule has 2 aromatic carbocycles. The fourth-order valence-electron chi connectivity index (χ4n) is 4.30. The minimum atomic E-state index is -0.144. The summed E-state index contributed by atoms with van der Waals surface area (Å²) in [4.78, 5) is 17.4. The molecule has 0 saturated carbocycles. The van der Waals surface area contributed by atoms with Gasteiger partial charge in [0.25, 0.3) is 0 Å². The van der Waals surface area contributed by atoms with Gasteiger partial charge in [0.2, 0.25) is 0 Å². The Hall–Kier alpha value is -3.42. The molecule has 1 fully saturated rings. The predicted molar refractivity (Wildman–Crippen MR) is 127 cm³/mol. The Kier molecular flexibility index (Phi) is 5.98. The molecule has 0 aliphatic carbocycles. The second-order valence-corrected chi connectivity index (χ2v) is 8.40. The van der Waals surface area contributed by atoms with E-state index in [0.717, 1.165) is 34.3 Å². The predicted octanol–water partition coefficient (Wildman–Crippen LogP) is 4.61. The van der Waals surface area contributed by atoms with Crippen molar-refractivity contribution in [3.8, 4) is 11.1 Å². The van der Waals surface area contributed by atoms with Crippen LogP contribution in [0.15, 0.2) is 67.3 Å². The van der Waals surface area contributed by atoms with Gasteiger partial charge in [-0.1, -0.05) is 42.5 Å². The van der Waals surface area contributed by atoms with Gasteiger partial charge in [-0.3, -0.25) is 4.57 Å². The second kappa shape index (κ2) is 9.21. The Morgan fingerprint density at radius 1 is 1.18 bits per heavy atom. The minimum Gasteiger partial charge on any atom is -0.385 e. The van der Waals surface area contributed by atoms with Crippen molar-refractivity contribution in [2.24, 2.45) is 0 Å². The fraction of sp³-hybridized carbons (Fsp3) is 0.308. The monoisotopic (exact) mass is 444 g/mol. The topological polar surface area (TPSA) is 73.6 Å². The van der Waals surface area contributed by atoms with Gasteiger partial charge in [0.15, 0.2) is 6.23 Å². The first kappa shape index (κ1) is 21.4. The van der Waals surface area contributed by atoms with Crippen LogP contribution < -0.4 is 5.32 Å². The summed E-state index contributed by atoms with van der Waals surface area (Å²) < 4.78 is 14.5. The number of methoxy groups -OCH3 is 1. The van der Waals surface area contributed by atoms with Crippen molar-refractivity contribution in [2.75, 3.05) is 20.3 Å². The number of ether oxygens (including phenoxy) is 2. The van der Waals surface area contributed by atoms with Crippen LogP contribution in [0.4, 0.5) is 4.79 Å². The molecule has 1 amide bonds. The molecule has 1 saturated heterocycles. The lowest BCUT2D eigenvalue weighted by Gasteiger charge is -2.10. The van der Waals surface area contributed by atoms with E-state index in [0.29, 0.717) is 19.6 Å². The lowest BCUT2D eigenvalue weighted by atomic mass is 10.00. The molecule has 2 aromatic heterocycles. The molecule has 3 heterocycles. The van der Waals surface area contributed by atoms with Gasteiger partial charge in [0.1, 0.15) is 6.10 Å². The summed E-state index contributed by atoms with van der Waals surface area (Å²) in [6, 6.07) is 16.5. The number of hydrogen-bond acceptors (Lipinski definition) is 4. The molecular weight excluding hydrogens is 416 g/mol. The molecule has 7 heteroatoms.